The third-order valence-corrected chi connectivity index (χ3v) is 5.47. The fourth-order valence-electron chi connectivity index (χ4n) is 2.26. The van der Waals surface area contributed by atoms with Crippen molar-refractivity contribution in [1.29, 1.82) is 0 Å². The Kier molecular flexibility index (Phi) is 3.75. The van der Waals surface area contributed by atoms with Gasteiger partial charge in [-0.05, 0) is 38.3 Å². The summed E-state index contributed by atoms with van der Waals surface area (Å²) >= 11 is 0. The summed E-state index contributed by atoms with van der Waals surface area (Å²) in [5.41, 5.74) is 6.90. The first-order valence-corrected chi connectivity index (χ1v) is 7.67. The molecule has 1 saturated heterocycles. The number of aryl methyl sites for hydroxylation is 1. The number of hydrogen-bond acceptors (Lipinski definition) is 3. The van der Waals surface area contributed by atoms with E-state index in [1.165, 1.54) is 0 Å². The van der Waals surface area contributed by atoms with E-state index in [1.807, 2.05) is 26.0 Å². The molecule has 2 atom stereocenters. The van der Waals surface area contributed by atoms with Gasteiger partial charge in [0, 0.05) is 19.1 Å². The van der Waals surface area contributed by atoms with Gasteiger partial charge in [0.05, 0.1) is 4.90 Å². The Morgan fingerprint density at radius 1 is 1.33 bits per heavy atom. The van der Waals surface area contributed by atoms with Gasteiger partial charge < -0.3 is 5.73 Å². The molecule has 1 aliphatic heterocycles. The lowest BCUT2D eigenvalue weighted by Gasteiger charge is -2.18. The number of hydrogen-bond donors (Lipinski definition) is 1. The zero-order valence-corrected chi connectivity index (χ0v) is 11.7. The average molecular weight is 268 g/mol. The molecule has 2 rings (SSSR count). The Bertz CT molecular complexity index is 508. The summed E-state index contributed by atoms with van der Waals surface area (Å²) in [7, 11) is -3.34. The Morgan fingerprint density at radius 2 is 1.94 bits per heavy atom. The molecule has 0 aromatic heterocycles. The minimum Gasteiger partial charge on any atom is -0.328 e. The zero-order chi connectivity index (χ0) is 13.3. The lowest BCUT2D eigenvalue weighted by atomic mass is 10.0. The summed E-state index contributed by atoms with van der Waals surface area (Å²) in [6, 6.07) is 7.04. The van der Waals surface area contributed by atoms with E-state index in [4.69, 9.17) is 5.73 Å². The minimum absolute atomic E-state index is 0.0446. The van der Waals surface area contributed by atoms with Gasteiger partial charge in [0.2, 0.25) is 10.0 Å². The van der Waals surface area contributed by atoms with Gasteiger partial charge in [-0.1, -0.05) is 17.7 Å². The van der Waals surface area contributed by atoms with E-state index in [0.717, 1.165) is 12.0 Å². The number of benzene rings is 1. The number of sulfonamides is 1. The standard InChI is InChI=1S/C13H20N2O2S/c1-10-3-5-13(6-4-10)18(16,17)15-8-7-12(9-15)11(2)14/h3-6,11-12H,7-9,14H2,1-2H3. The van der Waals surface area contributed by atoms with E-state index in [1.54, 1.807) is 16.4 Å². The van der Waals surface area contributed by atoms with Crippen LogP contribution >= 0.6 is 0 Å². The van der Waals surface area contributed by atoms with Gasteiger partial charge in [0.15, 0.2) is 0 Å². The second-order valence-electron chi connectivity index (χ2n) is 5.08. The molecule has 1 fully saturated rings. The average Bonchev–Trinajstić information content (AvgIpc) is 2.79. The zero-order valence-electron chi connectivity index (χ0n) is 10.8. The molecule has 0 saturated carbocycles. The lowest BCUT2D eigenvalue weighted by Crippen LogP contribution is -2.33. The van der Waals surface area contributed by atoms with Gasteiger partial charge in [0.25, 0.3) is 0 Å². The van der Waals surface area contributed by atoms with Crippen LogP contribution in [0.15, 0.2) is 29.2 Å². The predicted octanol–water partition coefficient (Wildman–Crippen LogP) is 1.35. The molecule has 4 nitrogen and oxygen atoms in total. The summed E-state index contributed by atoms with van der Waals surface area (Å²) in [4.78, 5) is 0.374. The van der Waals surface area contributed by atoms with Gasteiger partial charge in [-0.2, -0.15) is 4.31 Å². The predicted molar refractivity (Wildman–Crippen MR) is 71.7 cm³/mol. The minimum atomic E-state index is -3.34. The molecular formula is C13H20N2O2S. The first-order valence-electron chi connectivity index (χ1n) is 6.23. The summed E-state index contributed by atoms with van der Waals surface area (Å²) < 4.78 is 26.3. The largest absolute Gasteiger partial charge is 0.328 e. The maximum atomic E-state index is 12.4. The molecule has 18 heavy (non-hydrogen) atoms. The molecule has 100 valence electrons. The van der Waals surface area contributed by atoms with Crippen molar-refractivity contribution in [3.05, 3.63) is 29.8 Å². The molecule has 0 aliphatic carbocycles. The normalized spacial score (nSPS) is 23.2. The summed E-state index contributed by atoms with van der Waals surface area (Å²) in [6.45, 7) is 4.99. The molecule has 0 bridgehead atoms. The van der Waals surface area contributed by atoms with Crippen molar-refractivity contribution in [3.8, 4) is 0 Å². The maximum Gasteiger partial charge on any atom is 0.243 e. The van der Waals surface area contributed by atoms with E-state index in [0.29, 0.717) is 18.0 Å². The van der Waals surface area contributed by atoms with E-state index in [-0.39, 0.29) is 12.0 Å². The van der Waals surface area contributed by atoms with Crippen LogP contribution in [0.1, 0.15) is 18.9 Å². The highest BCUT2D eigenvalue weighted by Gasteiger charge is 2.33. The maximum absolute atomic E-state index is 12.4. The monoisotopic (exact) mass is 268 g/mol. The van der Waals surface area contributed by atoms with Gasteiger partial charge in [0.1, 0.15) is 0 Å². The molecule has 0 spiro atoms. The van der Waals surface area contributed by atoms with Crippen LogP contribution in [0.25, 0.3) is 0 Å². The van der Waals surface area contributed by atoms with Crippen molar-refractivity contribution in [2.24, 2.45) is 11.7 Å². The molecular weight excluding hydrogens is 248 g/mol. The molecule has 5 heteroatoms. The van der Waals surface area contributed by atoms with Crippen LogP contribution in [0.5, 0.6) is 0 Å². The van der Waals surface area contributed by atoms with Gasteiger partial charge in [-0.25, -0.2) is 8.42 Å². The molecule has 0 radical (unpaired) electrons. The van der Waals surface area contributed by atoms with Crippen LogP contribution in [0.2, 0.25) is 0 Å². The van der Waals surface area contributed by atoms with Crippen molar-refractivity contribution < 1.29 is 8.42 Å². The molecule has 2 unspecified atom stereocenters. The lowest BCUT2D eigenvalue weighted by molar-refractivity contribution is 0.429. The summed E-state index contributed by atoms with van der Waals surface area (Å²) in [5, 5.41) is 0. The molecule has 1 heterocycles. The molecule has 1 aromatic rings. The molecule has 1 aromatic carbocycles. The van der Waals surface area contributed by atoms with Gasteiger partial charge in [-0.3, -0.25) is 0 Å². The summed E-state index contributed by atoms with van der Waals surface area (Å²) in [5.74, 6) is 0.269. The topological polar surface area (TPSA) is 63.4 Å². The van der Waals surface area contributed by atoms with Crippen molar-refractivity contribution in [3.63, 3.8) is 0 Å². The van der Waals surface area contributed by atoms with E-state index < -0.39 is 10.0 Å². The molecule has 2 N–H and O–H groups in total. The quantitative estimate of drug-likeness (QED) is 0.900. The first-order chi connectivity index (χ1) is 8.41. The van der Waals surface area contributed by atoms with Crippen molar-refractivity contribution in [1.82, 2.24) is 4.31 Å². The smallest absolute Gasteiger partial charge is 0.243 e. The highest BCUT2D eigenvalue weighted by atomic mass is 32.2. The Labute approximate surface area is 109 Å². The van der Waals surface area contributed by atoms with Crippen LogP contribution in [0, 0.1) is 12.8 Å². The second kappa shape index (κ2) is 4.99. The highest BCUT2D eigenvalue weighted by Crippen LogP contribution is 2.25. The van der Waals surface area contributed by atoms with Crippen LogP contribution in [0.4, 0.5) is 0 Å². The van der Waals surface area contributed by atoms with Gasteiger partial charge in [-0.15, -0.1) is 0 Å². The van der Waals surface area contributed by atoms with E-state index in [9.17, 15) is 8.42 Å². The third kappa shape index (κ3) is 2.58. The van der Waals surface area contributed by atoms with Crippen LogP contribution in [-0.2, 0) is 10.0 Å². The van der Waals surface area contributed by atoms with Crippen molar-refractivity contribution >= 4 is 10.0 Å². The number of nitrogens with two attached hydrogens (primary N) is 1. The van der Waals surface area contributed by atoms with E-state index >= 15 is 0 Å². The van der Waals surface area contributed by atoms with E-state index in [2.05, 4.69) is 0 Å². The van der Waals surface area contributed by atoms with Crippen molar-refractivity contribution in [2.75, 3.05) is 13.1 Å². The van der Waals surface area contributed by atoms with Crippen molar-refractivity contribution in [2.45, 2.75) is 31.2 Å². The van der Waals surface area contributed by atoms with Crippen LogP contribution in [-0.4, -0.2) is 31.9 Å². The fourth-order valence-corrected chi connectivity index (χ4v) is 3.77. The number of nitrogens with zero attached hydrogens (tertiary/aromatic N) is 1. The van der Waals surface area contributed by atoms with Gasteiger partial charge >= 0.3 is 0 Å². The highest BCUT2D eigenvalue weighted by molar-refractivity contribution is 7.89. The number of rotatable bonds is 3. The first kappa shape index (κ1) is 13.5. The fraction of sp³-hybridized carbons (Fsp3) is 0.538. The SMILES string of the molecule is Cc1ccc(S(=O)(=O)N2CCC(C(C)N)C2)cc1. The second-order valence-corrected chi connectivity index (χ2v) is 7.02. The Morgan fingerprint density at radius 3 is 2.44 bits per heavy atom. The van der Waals surface area contributed by atoms with Crippen LogP contribution in [0.3, 0.4) is 0 Å². The summed E-state index contributed by atoms with van der Waals surface area (Å²) in [6.07, 6.45) is 0.850. The molecule has 1 aliphatic rings. The van der Waals surface area contributed by atoms with Crippen LogP contribution < -0.4 is 5.73 Å². The third-order valence-electron chi connectivity index (χ3n) is 3.59. The molecule has 0 amide bonds. The Balaban J connectivity index is 2.20. The Hall–Kier alpha value is -0.910.